The minimum Gasteiger partial charge on any atom is -0.355 e. The van der Waals surface area contributed by atoms with Gasteiger partial charge >= 0.3 is 0 Å². The van der Waals surface area contributed by atoms with Crippen molar-refractivity contribution in [3.05, 3.63) is 174 Å². The molecule has 2 aliphatic rings. The van der Waals surface area contributed by atoms with Gasteiger partial charge in [0.05, 0.1) is 33.8 Å². The third kappa shape index (κ3) is 6.11. The Morgan fingerprint density at radius 3 is 1.48 bits per heavy atom. The van der Waals surface area contributed by atoms with E-state index in [4.69, 9.17) is 9.97 Å². The van der Waals surface area contributed by atoms with Gasteiger partial charge < -0.3 is 9.55 Å². The molecule has 0 saturated carbocycles. The number of H-pyrrole nitrogens is 1. The van der Waals surface area contributed by atoms with Crippen molar-refractivity contribution < 1.29 is 33.8 Å². The predicted octanol–water partition coefficient (Wildman–Crippen LogP) is 11.1. The van der Waals surface area contributed by atoms with E-state index < -0.39 is 0 Å². The first-order valence-electron chi connectivity index (χ1n) is 16.2. The molecule has 0 saturated heterocycles. The Balaban J connectivity index is 0.00000196. The molecule has 8 bridgehead atoms. The van der Waals surface area contributed by atoms with E-state index in [1.54, 1.807) is 0 Å². The second kappa shape index (κ2) is 14.2. The molecule has 0 spiro atoms. The zero-order valence-electron chi connectivity index (χ0n) is 26.8. The maximum Gasteiger partial charge on any atom is 0.0737 e. The van der Waals surface area contributed by atoms with Crippen LogP contribution in [0, 0.1) is 0 Å². The molecule has 3 aromatic heterocycles. The largest absolute Gasteiger partial charge is 0.355 e. The van der Waals surface area contributed by atoms with Gasteiger partial charge in [-0.15, -0.1) is 0 Å². The molecule has 0 atom stereocenters. The summed E-state index contributed by atoms with van der Waals surface area (Å²) in [5, 5.41) is 0. The van der Waals surface area contributed by atoms with Gasteiger partial charge in [-0.3, -0.25) is 0 Å². The summed E-state index contributed by atoms with van der Waals surface area (Å²) < 4.78 is 2.41. The summed E-state index contributed by atoms with van der Waals surface area (Å²) in [6.45, 7) is 0. The van der Waals surface area contributed by atoms with Gasteiger partial charge in [0.2, 0.25) is 0 Å². The van der Waals surface area contributed by atoms with Crippen molar-refractivity contribution in [2.45, 2.75) is 0 Å². The van der Waals surface area contributed by atoms with E-state index in [1.807, 2.05) is 0 Å². The maximum atomic E-state index is 5.29. The first-order chi connectivity index (χ1) is 23.8. The number of benzene rings is 4. The smallest absolute Gasteiger partial charge is 0.0737 e. The average Bonchev–Trinajstić information content (AvgIpc) is 3.95. The van der Waals surface area contributed by atoms with E-state index in [9.17, 15) is 0 Å². The standard InChI is InChI=1S/C44H30N4.Co.Fe/c1-5-13-30(14-6-1)41-39-26-25-36(47-39)28-35-22-21-33(45-35)27-34-23-24-37(46-34)29-40-42(31-15-7-2-8-16-31)43(32-17-9-3-10-18-32)44(41)48(40)38-19-11-4-12-20-38;;/h1-29,45H;;. The fourth-order valence-corrected chi connectivity index (χ4v) is 6.81. The number of para-hydroxylation sites is 1. The van der Waals surface area contributed by atoms with Crippen LogP contribution in [0.3, 0.4) is 0 Å². The average molecular weight is 730 g/mol. The van der Waals surface area contributed by atoms with Crippen LogP contribution in [-0.4, -0.2) is 19.5 Å². The monoisotopic (exact) mass is 729 g/mol. The first kappa shape index (κ1) is 33.0. The van der Waals surface area contributed by atoms with Crippen molar-refractivity contribution >= 4 is 46.4 Å². The number of fused-ring (bicyclic) bond motifs is 8. The Hall–Kier alpha value is -5.49. The summed E-state index contributed by atoms with van der Waals surface area (Å²) in [6.07, 6.45) is 8.44. The molecular formula is C44H30CoFeN4. The van der Waals surface area contributed by atoms with Crippen LogP contribution in [0.1, 0.15) is 22.8 Å². The van der Waals surface area contributed by atoms with Crippen molar-refractivity contribution in [2.75, 3.05) is 0 Å². The summed E-state index contributed by atoms with van der Waals surface area (Å²) >= 11 is 0. The number of nitrogens with one attached hydrogen (secondary N) is 1. The minimum absolute atomic E-state index is 0. The van der Waals surface area contributed by atoms with Crippen LogP contribution in [0.5, 0.6) is 0 Å². The van der Waals surface area contributed by atoms with Crippen LogP contribution < -0.4 is 0 Å². The van der Waals surface area contributed by atoms with Gasteiger partial charge in [0.1, 0.15) is 0 Å². The summed E-state index contributed by atoms with van der Waals surface area (Å²) in [4.78, 5) is 13.9. The maximum absolute atomic E-state index is 5.29. The Morgan fingerprint density at radius 1 is 0.440 bits per heavy atom. The fourth-order valence-electron chi connectivity index (χ4n) is 6.81. The summed E-state index contributed by atoms with van der Waals surface area (Å²) in [5.74, 6) is 0. The van der Waals surface area contributed by atoms with Crippen molar-refractivity contribution in [1.82, 2.24) is 19.5 Å². The Labute approximate surface area is 311 Å². The van der Waals surface area contributed by atoms with Crippen molar-refractivity contribution in [3.8, 4) is 39.1 Å². The molecule has 1 N–H and O–H groups in total. The van der Waals surface area contributed by atoms with E-state index in [0.29, 0.717) is 0 Å². The quantitative estimate of drug-likeness (QED) is 0.183. The number of nitrogens with zero attached hydrogens (tertiary/aromatic N) is 3. The molecule has 9 rings (SSSR count). The molecule has 5 heterocycles. The van der Waals surface area contributed by atoms with Gasteiger partial charge in [-0.25, -0.2) is 9.97 Å². The van der Waals surface area contributed by atoms with E-state index in [0.717, 1.165) is 83.9 Å². The summed E-state index contributed by atoms with van der Waals surface area (Å²) in [7, 11) is 0. The van der Waals surface area contributed by atoms with Gasteiger partial charge in [-0.2, -0.15) is 0 Å². The van der Waals surface area contributed by atoms with Crippen molar-refractivity contribution in [2.24, 2.45) is 0 Å². The van der Waals surface area contributed by atoms with Crippen LogP contribution >= 0.6 is 0 Å². The third-order valence-electron chi connectivity index (χ3n) is 8.87. The Bertz CT molecular complexity index is 2540. The third-order valence-corrected chi connectivity index (χ3v) is 8.87. The van der Waals surface area contributed by atoms with Gasteiger partial charge in [0.25, 0.3) is 0 Å². The summed E-state index contributed by atoms with van der Waals surface area (Å²) in [5.41, 5.74) is 15.4. The molecule has 1 radical (unpaired) electrons. The number of aromatic amines is 1. The van der Waals surface area contributed by atoms with Crippen LogP contribution in [-0.2, 0) is 33.8 Å². The van der Waals surface area contributed by atoms with Gasteiger partial charge in [-0.05, 0) is 83.5 Å². The van der Waals surface area contributed by atoms with E-state index in [2.05, 4.69) is 186 Å². The molecular weight excluding hydrogens is 699 g/mol. The molecule has 6 heteroatoms. The van der Waals surface area contributed by atoms with Crippen molar-refractivity contribution in [1.29, 1.82) is 0 Å². The van der Waals surface area contributed by atoms with E-state index in [1.165, 1.54) is 0 Å². The molecule has 243 valence electrons. The van der Waals surface area contributed by atoms with E-state index >= 15 is 0 Å². The van der Waals surface area contributed by atoms with Crippen LogP contribution in [0.4, 0.5) is 0 Å². The van der Waals surface area contributed by atoms with Crippen LogP contribution in [0.15, 0.2) is 152 Å². The van der Waals surface area contributed by atoms with Gasteiger partial charge in [-0.1, -0.05) is 109 Å². The molecule has 2 aliphatic heterocycles. The number of hydrogen-bond acceptors (Lipinski definition) is 2. The molecule has 4 nitrogen and oxygen atoms in total. The zero-order chi connectivity index (χ0) is 31.9. The normalized spacial score (nSPS) is 11.5. The second-order valence-electron chi connectivity index (χ2n) is 12.0. The SMILES string of the molecule is C1=Cc2cc3c(-c4ccccc4)c(-c4ccccc4)c(c(-c4ccccc4)c4nc(cc5ccc(cc1n2)[nH]5)C=C4)n3-c1ccccc1.[Co].[Fe]. The molecule has 0 aliphatic carbocycles. The van der Waals surface area contributed by atoms with E-state index in [-0.39, 0.29) is 33.8 Å². The molecule has 0 unspecified atom stereocenters. The van der Waals surface area contributed by atoms with Crippen molar-refractivity contribution in [3.63, 3.8) is 0 Å². The van der Waals surface area contributed by atoms with Gasteiger partial charge in [0.15, 0.2) is 0 Å². The topological polar surface area (TPSA) is 46.5 Å². The molecule has 4 aromatic carbocycles. The van der Waals surface area contributed by atoms with Gasteiger partial charge in [0, 0.05) is 67.3 Å². The molecule has 50 heavy (non-hydrogen) atoms. The number of aromatic nitrogens is 4. The molecule has 7 aromatic rings. The summed E-state index contributed by atoms with van der Waals surface area (Å²) in [6, 6.07) is 53.3. The van der Waals surface area contributed by atoms with Crippen LogP contribution in [0.2, 0.25) is 0 Å². The molecule has 0 amide bonds. The second-order valence-corrected chi connectivity index (χ2v) is 12.0. The Kier molecular flexibility index (Phi) is 9.35. The van der Waals surface area contributed by atoms with Crippen LogP contribution in [0.25, 0.3) is 85.4 Å². The zero-order valence-corrected chi connectivity index (χ0v) is 28.9. The number of hydrogen-bond donors (Lipinski definition) is 1. The number of rotatable bonds is 4. The Morgan fingerprint density at radius 2 is 0.900 bits per heavy atom. The minimum atomic E-state index is 0. The fraction of sp³-hybridized carbons (Fsp3) is 0. The first-order valence-corrected chi connectivity index (χ1v) is 16.2. The molecule has 0 fully saturated rings. The predicted molar refractivity (Wildman–Crippen MR) is 200 cm³/mol.